The Morgan fingerprint density at radius 1 is 1.40 bits per heavy atom. The van der Waals surface area contributed by atoms with Gasteiger partial charge in [-0.2, -0.15) is 5.26 Å². The lowest BCUT2D eigenvalue weighted by molar-refractivity contribution is 0.220. The molecular formula is C16H21N3O. The molecule has 3 rings (SSSR count). The minimum atomic E-state index is 0.366. The van der Waals surface area contributed by atoms with Crippen molar-refractivity contribution >= 4 is 0 Å². The Labute approximate surface area is 120 Å². The van der Waals surface area contributed by atoms with E-state index >= 15 is 0 Å². The molecule has 2 N–H and O–H groups in total. The summed E-state index contributed by atoms with van der Waals surface area (Å²) in [7, 11) is 1.60. The largest absolute Gasteiger partial charge is 0.495 e. The van der Waals surface area contributed by atoms with Gasteiger partial charge in [-0.15, -0.1) is 0 Å². The van der Waals surface area contributed by atoms with E-state index in [-0.39, 0.29) is 0 Å². The maximum atomic E-state index is 9.26. The first kappa shape index (κ1) is 13.4. The molecule has 0 bridgehead atoms. The van der Waals surface area contributed by atoms with Crippen molar-refractivity contribution in [1.29, 1.82) is 5.26 Å². The lowest BCUT2D eigenvalue weighted by Crippen LogP contribution is -2.30. The molecule has 1 saturated carbocycles. The molecule has 1 heterocycles. The predicted molar refractivity (Wildman–Crippen MR) is 77.3 cm³/mol. The summed E-state index contributed by atoms with van der Waals surface area (Å²) in [5, 5.41) is 9.26. The van der Waals surface area contributed by atoms with Crippen molar-refractivity contribution in [3.8, 4) is 11.8 Å². The molecule has 2 aliphatic rings. The Bertz CT molecular complexity index is 533. The highest BCUT2D eigenvalue weighted by molar-refractivity contribution is 5.46. The van der Waals surface area contributed by atoms with Crippen LogP contribution in [0.3, 0.4) is 0 Å². The van der Waals surface area contributed by atoms with Gasteiger partial charge in [0.25, 0.3) is 0 Å². The maximum absolute atomic E-state index is 9.26. The molecule has 1 aliphatic carbocycles. The van der Waals surface area contributed by atoms with Crippen molar-refractivity contribution in [1.82, 2.24) is 4.90 Å². The molecule has 0 amide bonds. The zero-order chi connectivity index (χ0) is 14.1. The summed E-state index contributed by atoms with van der Waals surface area (Å²) in [5.74, 6) is 1.15. The molecule has 1 saturated heterocycles. The van der Waals surface area contributed by atoms with Crippen LogP contribution >= 0.6 is 0 Å². The fourth-order valence-electron chi connectivity index (χ4n) is 3.41. The van der Waals surface area contributed by atoms with Crippen molar-refractivity contribution in [3.63, 3.8) is 0 Å². The van der Waals surface area contributed by atoms with E-state index in [2.05, 4.69) is 17.0 Å². The summed E-state index contributed by atoms with van der Waals surface area (Å²) in [6.07, 6.45) is 3.76. The molecule has 20 heavy (non-hydrogen) atoms. The molecule has 106 valence electrons. The van der Waals surface area contributed by atoms with Crippen LogP contribution in [0.5, 0.6) is 5.75 Å². The molecule has 1 aliphatic heterocycles. The Morgan fingerprint density at radius 2 is 2.20 bits per heavy atom. The number of nitrogens with two attached hydrogens (primary N) is 1. The van der Waals surface area contributed by atoms with E-state index in [1.165, 1.54) is 18.4 Å². The van der Waals surface area contributed by atoms with Gasteiger partial charge in [-0.3, -0.25) is 4.90 Å². The van der Waals surface area contributed by atoms with Crippen LogP contribution in [0.25, 0.3) is 0 Å². The smallest absolute Gasteiger partial charge is 0.136 e. The minimum absolute atomic E-state index is 0.366. The number of nitrogens with zero attached hydrogens (tertiary/aromatic N) is 2. The quantitative estimate of drug-likeness (QED) is 0.910. The van der Waals surface area contributed by atoms with Gasteiger partial charge in [0.1, 0.15) is 11.8 Å². The topological polar surface area (TPSA) is 62.3 Å². The number of likely N-dealkylation sites (tertiary alicyclic amines) is 1. The van der Waals surface area contributed by atoms with Crippen LogP contribution in [-0.4, -0.2) is 31.1 Å². The van der Waals surface area contributed by atoms with Gasteiger partial charge in [-0.1, -0.05) is 6.07 Å². The number of rotatable bonds is 4. The van der Waals surface area contributed by atoms with E-state index in [1.807, 2.05) is 12.1 Å². The molecule has 1 aromatic rings. The van der Waals surface area contributed by atoms with Crippen molar-refractivity contribution in [2.75, 3.05) is 20.2 Å². The monoisotopic (exact) mass is 271 g/mol. The maximum Gasteiger partial charge on any atom is 0.136 e. The van der Waals surface area contributed by atoms with Gasteiger partial charge >= 0.3 is 0 Å². The van der Waals surface area contributed by atoms with E-state index in [0.29, 0.717) is 29.8 Å². The fraction of sp³-hybridized carbons (Fsp3) is 0.562. The molecule has 0 spiro atoms. The van der Waals surface area contributed by atoms with E-state index < -0.39 is 0 Å². The minimum Gasteiger partial charge on any atom is -0.495 e. The summed E-state index contributed by atoms with van der Waals surface area (Å²) in [4.78, 5) is 2.58. The highest BCUT2D eigenvalue weighted by Crippen LogP contribution is 2.44. The first-order chi connectivity index (χ1) is 9.78. The molecule has 2 unspecified atom stereocenters. The van der Waals surface area contributed by atoms with Crippen LogP contribution in [0.4, 0.5) is 0 Å². The number of hydrogen-bond acceptors (Lipinski definition) is 4. The lowest BCUT2D eigenvalue weighted by Gasteiger charge is -2.28. The summed E-state index contributed by atoms with van der Waals surface area (Å²) < 4.78 is 5.23. The predicted octanol–water partition coefficient (Wildman–Crippen LogP) is 2.05. The van der Waals surface area contributed by atoms with E-state index in [4.69, 9.17) is 10.5 Å². The number of nitriles is 1. The normalized spacial score (nSPS) is 26.4. The van der Waals surface area contributed by atoms with Crippen LogP contribution in [0.2, 0.25) is 0 Å². The summed E-state index contributed by atoms with van der Waals surface area (Å²) in [5.41, 5.74) is 7.78. The van der Waals surface area contributed by atoms with Gasteiger partial charge in [-0.25, -0.2) is 0 Å². The van der Waals surface area contributed by atoms with Crippen LogP contribution in [0.1, 0.15) is 36.4 Å². The number of methoxy groups -OCH3 is 1. The van der Waals surface area contributed by atoms with Crippen molar-refractivity contribution in [2.24, 2.45) is 11.7 Å². The summed E-state index contributed by atoms with van der Waals surface area (Å²) in [6.45, 7) is 1.84. The highest BCUT2D eigenvalue weighted by Gasteiger charge is 2.42. The first-order valence-corrected chi connectivity index (χ1v) is 7.32. The molecule has 0 radical (unpaired) electrons. The summed E-state index contributed by atoms with van der Waals surface area (Å²) >= 11 is 0. The number of hydrogen-bond donors (Lipinski definition) is 1. The van der Waals surface area contributed by atoms with Crippen LogP contribution in [0.15, 0.2) is 18.2 Å². The zero-order valence-electron chi connectivity index (χ0n) is 11.9. The van der Waals surface area contributed by atoms with Crippen LogP contribution in [-0.2, 0) is 0 Å². The van der Waals surface area contributed by atoms with Crippen molar-refractivity contribution in [3.05, 3.63) is 29.3 Å². The third-order valence-electron chi connectivity index (χ3n) is 4.57. The highest BCUT2D eigenvalue weighted by atomic mass is 16.5. The van der Waals surface area contributed by atoms with E-state index in [1.54, 1.807) is 7.11 Å². The third-order valence-corrected chi connectivity index (χ3v) is 4.57. The summed E-state index contributed by atoms with van der Waals surface area (Å²) in [6, 6.07) is 9.30. The average molecular weight is 271 g/mol. The second-order valence-corrected chi connectivity index (χ2v) is 5.77. The second-order valence-electron chi connectivity index (χ2n) is 5.77. The molecular weight excluding hydrogens is 250 g/mol. The first-order valence-electron chi connectivity index (χ1n) is 7.32. The Balaban J connectivity index is 1.94. The average Bonchev–Trinajstić information content (AvgIpc) is 3.25. The lowest BCUT2D eigenvalue weighted by atomic mass is 9.92. The van der Waals surface area contributed by atoms with Gasteiger partial charge < -0.3 is 10.5 Å². The van der Waals surface area contributed by atoms with Crippen LogP contribution < -0.4 is 10.5 Å². The SMILES string of the molecule is COc1ccc(C2C(CN)CCN2C2CC2)cc1C#N. The molecule has 2 atom stereocenters. The molecule has 0 aromatic heterocycles. The van der Waals surface area contributed by atoms with Crippen molar-refractivity contribution in [2.45, 2.75) is 31.3 Å². The van der Waals surface area contributed by atoms with E-state index in [0.717, 1.165) is 19.0 Å². The Morgan fingerprint density at radius 3 is 2.80 bits per heavy atom. The second kappa shape index (κ2) is 5.43. The van der Waals surface area contributed by atoms with Gasteiger partial charge in [0.2, 0.25) is 0 Å². The molecule has 1 aromatic carbocycles. The van der Waals surface area contributed by atoms with Crippen molar-refractivity contribution < 1.29 is 4.74 Å². The van der Waals surface area contributed by atoms with E-state index in [9.17, 15) is 5.26 Å². The zero-order valence-corrected chi connectivity index (χ0v) is 11.9. The molecule has 4 nitrogen and oxygen atoms in total. The number of benzene rings is 1. The third kappa shape index (κ3) is 2.28. The fourth-order valence-corrected chi connectivity index (χ4v) is 3.41. The van der Waals surface area contributed by atoms with Gasteiger partial charge in [0.05, 0.1) is 12.7 Å². The molecule has 4 heteroatoms. The molecule has 2 fully saturated rings. The van der Waals surface area contributed by atoms with Gasteiger partial charge in [0.15, 0.2) is 0 Å². The van der Waals surface area contributed by atoms with Gasteiger partial charge in [-0.05, 0) is 56.0 Å². The standard InChI is InChI=1S/C16H21N3O/c1-20-15-5-2-11(8-13(15)10-18)16-12(9-17)6-7-19(16)14-3-4-14/h2,5,8,12,14,16H,3-4,6-7,9,17H2,1H3. The Kier molecular flexibility index (Phi) is 3.64. The Hall–Kier alpha value is -1.57. The van der Waals surface area contributed by atoms with Crippen LogP contribution in [0, 0.1) is 17.2 Å². The van der Waals surface area contributed by atoms with Gasteiger partial charge in [0, 0.05) is 12.1 Å². The number of ether oxygens (including phenoxy) is 1.